The Morgan fingerprint density at radius 1 is 1.14 bits per heavy atom. The summed E-state index contributed by atoms with van der Waals surface area (Å²) in [6, 6.07) is 0.0219. The second-order valence-corrected chi connectivity index (χ2v) is 6.96. The maximum atomic E-state index is 12.6. The van der Waals surface area contributed by atoms with Gasteiger partial charge in [0, 0.05) is 12.5 Å². The normalized spacial score (nSPS) is 34.0. The summed E-state index contributed by atoms with van der Waals surface area (Å²) < 4.78 is 11.4. The lowest BCUT2D eigenvalue weighted by Gasteiger charge is -2.40. The number of hydrogen-bond acceptors (Lipinski definition) is 4. The van der Waals surface area contributed by atoms with E-state index >= 15 is 0 Å². The lowest BCUT2D eigenvalue weighted by Crippen LogP contribution is -2.54. The maximum absolute atomic E-state index is 12.6. The van der Waals surface area contributed by atoms with Crippen LogP contribution in [0, 0.1) is 5.92 Å². The van der Waals surface area contributed by atoms with E-state index in [0.29, 0.717) is 19.8 Å². The Hall–Kier alpha value is -0.650. The molecule has 2 aliphatic carbocycles. The minimum Gasteiger partial charge on any atom is -0.393 e. The number of nitrogens with zero attached hydrogens (tertiary/aromatic N) is 1. The highest BCUT2D eigenvalue weighted by molar-refractivity contribution is 5.78. The molecule has 0 aromatic heterocycles. The highest BCUT2D eigenvalue weighted by Gasteiger charge is 2.39. The van der Waals surface area contributed by atoms with Gasteiger partial charge < -0.3 is 19.5 Å². The minimum absolute atomic E-state index is 0.0219. The lowest BCUT2D eigenvalue weighted by molar-refractivity contribution is -0.151. The van der Waals surface area contributed by atoms with E-state index in [-0.39, 0.29) is 36.7 Å². The molecular formula is C17H29NO4. The largest absolute Gasteiger partial charge is 0.393 e. The number of morpholine rings is 1. The molecule has 0 bridgehead atoms. The monoisotopic (exact) mass is 311 g/mol. The van der Waals surface area contributed by atoms with E-state index < -0.39 is 0 Å². The van der Waals surface area contributed by atoms with E-state index in [1.807, 2.05) is 4.90 Å². The summed E-state index contributed by atoms with van der Waals surface area (Å²) in [6.07, 6.45) is 8.74. The van der Waals surface area contributed by atoms with E-state index in [1.54, 1.807) is 0 Å². The molecule has 126 valence electrons. The summed E-state index contributed by atoms with van der Waals surface area (Å²) >= 11 is 0. The quantitative estimate of drug-likeness (QED) is 0.859. The van der Waals surface area contributed by atoms with Crippen LogP contribution in [-0.4, -0.2) is 60.5 Å². The molecule has 3 atom stereocenters. The molecule has 1 amide bonds. The van der Waals surface area contributed by atoms with Crippen molar-refractivity contribution in [1.82, 2.24) is 4.90 Å². The van der Waals surface area contributed by atoms with Crippen LogP contribution in [0.5, 0.6) is 0 Å². The highest BCUT2D eigenvalue weighted by Crippen LogP contribution is 2.32. The van der Waals surface area contributed by atoms with Crippen LogP contribution in [0.25, 0.3) is 0 Å². The average Bonchev–Trinajstić information content (AvgIpc) is 2.99. The zero-order chi connectivity index (χ0) is 15.4. The predicted molar refractivity (Wildman–Crippen MR) is 82.5 cm³/mol. The summed E-state index contributed by atoms with van der Waals surface area (Å²) in [7, 11) is 0. The molecule has 2 saturated carbocycles. The Bertz CT molecular complexity index is 370. The van der Waals surface area contributed by atoms with Gasteiger partial charge in [0.05, 0.1) is 31.5 Å². The van der Waals surface area contributed by atoms with Crippen molar-refractivity contribution in [2.45, 2.75) is 69.6 Å². The molecule has 3 rings (SSSR count). The molecule has 3 fully saturated rings. The van der Waals surface area contributed by atoms with Crippen molar-refractivity contribution in [3.63, 3.8) is 0 Å². The van der Waals surface area contributed by atoms with Crippen molar-refractivity contribution < 1.29 is 19.4 Å². The third-order valence-corrected chi connectivity index (χ3v) is 5.51. The Morgan fingerprint density at radius 3 is 2.68 bits per heavy atom. The number of aliphatic hydroxyl groups excluding tert-OH is 1. The molecule has 3 aliphatic rings. The Morgan fingerprint density at radius 2 is 1.95 bits per heavy atom. The summed E-state index contributed by atoms with van der Waals surface area (Å²) in [5, 5.41) is 10.1. The average molecular weight is 311 g/mol. The molecule has 0 unspecified atom stereocenters. The first kappa shape index (κ1) is 16.2. The van der Waals surface area contributed by atoms with Gasteiger partial charge in [0.15, 0.2) is 0 Å². The first-order valence-corrected chi connectivity index (χ1v) is 8.92. The molecule has 1 saturated heterocycles. The molecular weight excluding hydrogens is 282 g/mol. The number of amides is 1. The van der Waals surface area contributed by atoms with Crippen molar-refractivity contribution in [1.29, 1.82) is 0 Å². The van der Waals surface area contributed by atoms with Gasteiger partial charge in [-0.2, -0.15) is 0 Å². The zero-order valence-electron chi connectivity index (χ0n) is 13.4. The van der Waals surface area contributed by atoms with Crippen molar-refractivity contribution >= 4 is 5.91 Å². The maximum Gasteiger partial charge on any atom is 0.249 e. The summed E-state index contributed by atoms with van der Waals surface area (Å²) in [5.41, 5.74) is 0. The Kier molecular flexibility index (Phi) is 5.71. The fraction of sp³-hybridized carbons (Fsp3) is 0.941. The van der Waals surface area contributed by atoms with Crippen LogP contribution >= 0.6 is 0 Å². The Balaban J connectivity index is 1.54. The highest BCUT2D eigenvalue weighted by atomic mass is 16.5. The fourth-order valence-corrected chi connectivity index (χ4v) is 4.21. The third-order valence-electron chi connectivity index (χ3n) is 5.51. The van der Waals surface area contributed by atoms with Crippen LogP contribution in [0.4, 0.5) is 0 Å². The van der Waals surface area contributed by atoms with E-state index in [4.69, 9.17) is 9.47 Å². The van der Waals surface area contributed by atoms with Gasteiger partial charge >= 0.3 is 0 Å². The van der Waals surface area contributed by atoms with Gasteiger partial charge in [-0.1, -0.05) is 25.7 Å². The van der Waals surface area contributed by atoms with Crippen LogP contribution in [0.1, 0.15) is 51.4 Å². The summed E-state index contributed by atoms with van der Waals surface area (Å²) in [6.45, 7) is 1.95. The molecule has 22 heavy (non-hydrogen) atoms. The molecule has 5 heteroatoms. The van der Waals surface area contributed by atoms with Crippen molar-refractivity contribution in [3.8, 4) is 0 Å². The van der Waals surface area contributed by atoms with E-state index in [0.717, 1.165) is 32.1 Å². The van der Waals surface area contributed by atoms with Crippen LogP contribution in [-0.2, 0) is 14.3 Å². The van der Waals surface area contributed by atoms with E-state index in [9.17, 15) is 9.90 Å². The van der Waals surface area contributed by atoms with Crippen LogP contribution in [0.3, 0.4) is 0 Å². The van der Waals surface area contributed by atoms with Gasteiger partial charge in [0.1, 0.15) is 6.61 Å². The second kappa shape index (κ2) is 7.75. The standard InChI is InChI=1S/C17H29NO4/c19-16-8-4-7-14(16)15-11-21-10-9-18(15)17(20)12-22-13-5-2-1-3-6-13/h13-16,19H,1-12H2/t14-,15+,16+/m0/s1. The van der Waals surface area contributed by atoms with Gasteiger partial charge in [0.25, 0.3) is 0 Å². The minimum atomic E-state index is -0.290. The van der Waals surface area contributed by atoms with Gasteiger partial charge in [-0.05, 0) is 25.7 Å². The SMILES string of the molecule is O=C(COC1CCCCC1)N1CCOC[C@@H]1[C@@H]1CCC[C@H]1O. The molecule has 0 radical (unpaired) electrons. The van der Waals surface area contributed by atoms with Crippen LogP contribution < -0.4 is 0 Å². The number of carbonyl (C=O) groups excluding carboxylic acids is 1. The van der Waals surface area contributed by atoms with Gasteiger partial charge in [0.2, 0.25) is 5.91 Å². The van der Waals surface area contributed by atoms with E-state index in [1.165, 1.54) is 19.3 Å². The summed E-state index contributed by atoms with van der Waals surface area (Å²) in [4.78, 5) is 14.5. The number of ether oxygens (including phenoxy) is 2. The third kappa shape index (κ3) is 3.81. The van der Waals surface area contributed by atoms with E-state index in [2.05, 4.69) is 0 Å². The molecule has 1 N–H and O–H groups in total. The zero-order valence-corrected chi connectivity index (χ0v) is 13.4. The van der Waals surface area contributed by atoms with Gasteiger partial charge in [-0.3, -0.25) is 4.79 Å². The van der Waals surface area contributed by atoms with Gasteiger partial charge in [-0.25, -0.2) is 0 Å². The number of hydrogen-bond donors (Lipinski definition) is 1. The molecule has 1 aliphatic heterocycles. The molecule has 1 heterocycles. The van der Waals surface area contributed by atoms with Crippen LogP contribution in [0.15, 0.2) is 0 Å². The van der Waals surface area contributed by atoms with Crippen molar-refractivity contribution in [2.75, 3.05) is 26.4 Å². The predicted octanol–water partition coefficient (Wildman–Crippen LogP) is 1.72. The molecule has 0 aromatic carbocycles. The van der Waals surface area contributed by atoms with Crippen molar-refractivity contribution in [3.05, 3.63) is 0 Å². The smallest absolute Gasteiger partial charge is 0.249 e. The summed E-state index contributed by atoms with van der Waals surface area (Å²) in [5.74, 6) is 0.233. The number of aliphatic hydroxyl groups is 1. The van der Waals surface area contributed by atoms with Crippen molar-refractivity contribution in [2.24, 2.45) is 5.92 Å². The Labute approximate surface area is 133 Å². The molecule has 5 nitrogen and oxygen atoms in total. The van der Waals surface area contributed by atoms with Gasteiger partial charge in [-0.15, -0.1) is 0 Å². The topological polar surface area (TPSA) is 59.0 Å². The second-order valence-electron chi connectivity index (χ2n) is 6.96. The first-order chi connectivity index (χ1) is 10.8. The molecule has 0 spiro atoms. The molecule has 0 aromatic rings. The first-order valence-electron chi connectivity index (χ1n) is 8.92. The van der Waals surface area contributed by atoms with Crippen LogP contribution in [0.2, 0.25) is 0 Å². The lowest BCUT2D eigenvalue weighted by atomic mass is 9.94. The number of rotatable bonds is 4. The fourth-order valence-electron chi connectivity index (χ4n) is 4.21. The number of carbonyl (C=O) groups is 1.